The van der Waals surface area contributed by atoms with Crippen molar-refractivity contribution in [1.29, 1.82) is 0 Å². The average molecular weight is 367 g/mol. The van der Waals surface area contributed by atoms with E-state index in [4.69, 9.17) is 22.1 Å². The molecule has 1 aromatic carbocycles. The summed E-state index contributed by atoms with van der Waals surface area (Å²) in [7, 11) is 0. The number of anilines is 1. The number of halogens is 1. The Labute approximate surface area is 149 Å². The quantitative estimate of drug-likeness (QED) is 0.848. The Hall–Kier alpha value is -1.54. The number of hydrogen-bond donors (Lipinski definition) is 2. The number of rotatable bonds is 5. The third-order valence-corrected chi connectivity index (χ3v) is 5.33. The summed E-state index contributed by atoms with van der Waals surface area (Å²) in [6.45, 7) is 1.41. The second kappa shape index (κ2) is 7.57. The Morgan fingerprint density at radius 1 is 1.38 bits per heavy atom. The van der Waals surface area contributed by atoms with Gasteiger partial charge < -0.3 is 10.5 Å². The molecule has 0 bridgehead atoms. The molecule has 0 aliphatic carbocycles. The van der Waals surface area contributed by atoms with Gasteiger partial charge in [0.1, 0.15) is 5.01 Å². The molecule has 3 N–H and O–H groups in total. The smallest absolute Gasteiger partial charge is 0.233 e. The van der Waals surface area contributed by atoms with E-state index < -0.39 is 5.41 Å². The summed E-state index contributed by atoms with van der Waals surface area (Å²) >= 11 is 7.36. The lowest BCUT2D eigenvalue weighted by molar-refractivity contribution is -0.130. The van der Waals surface area contributed by atoms with Crippen LogP contribution in [-0.2, 0) is 16.0 Å². The summed E-state index contributed by atoms with van der Waals surface area (Å²) in [5, 5.41) is 13.1. The molecule has 1 fully saturated rings. The highest BCUT2D eigenvalue weighted by Crippen LogP contribution is 2.31. The first-order valence-corrected chi connectivity index (χ1v) is 8.97. The van der Waals surface area contributed by atoms with Gasteiger partial charge >= 0.3 is 0 Å². The second-order valence-electron chi connectivity index (χ2n) is 5.86. The van der Waals surface area contributed by atoms with Crippen LogP contribution < -0.4 is 11.1 Å². The molecule has 1 aliphatic rings. The van der Waals surface area contributed by atoms with E-state index in [1.807, 2.05) is 24.3 Å². The highest BCUT2D eigenvalue weighted by Gasteiger charge is 2.39. The maximum Gasteiger partial charge on any atom is 0.233 e. The van der Waals surface area contributed by atoms with Crippen LogP contribution in [0.15, 0.2) is 24.3 Å². The summed E-state index contributed by atoms with van der Waals surface area (Å²) in [5.41, 5.74) is 6.34. The van der Waals surface area contributed by atoms with Crippen LogP contribution in [0.3, 0.4) is 0 Å². The monoisotopic (exact) mass is 366 g/mol. The van der Waals surface area contributed by atoms with Crippen molar-refractivity contribution in [2.24, 2.45) is 11.1 Å². The number of hydrogen-bond acceptors (Lipinski definition) is 6. The minimum absolute atomic E-state index is 0.0984. The fourth-order valence-corrected chi connectivity index (χ4v) is 3.69. The van der Waals surface area contributed by atoms with Gasteiger partial charge in [0.15, 0.2) is 0 Å². The van der Waals surface area contributed by atoms with Gasteiger partial charge in [0.05, 0.1) is 5.41 Å². The molecule has 1 amide bonds. The molecule has 1 aliphatic heterocycles. The zero-order chi connectivity index (χ0) is 17.0. The minimum atomic E-state index is -0.572. The summed E-state index contributed by atoms with van der Waals surface area (Å²) in [5.74, 6) is -0.0984. The first-order valence-electron chi connectivity index (χ1n) is 7.77. The van der Waals surface area contributed by atoms with Gasteiger partial charge in [-0.25, -0.2) is 0 Å². The van der Waals surface area contributed by atoms with Crippen LogP contribution in [0.4, 0.5) is 5.13 Å². The van der Waals surface area contributed by atoms with Crippen LogP contribution in [0.2, 0.25) is 5.02 Å². The molecule has 0 unspecified atom stereocenters. The topological polar surface area (TPSA) is 90.1 Å². The van der Waals surface area contributed by atoms with Gasteiger partial charge in [0.2, 0.25) is 11.0 Å². The predicted octanol–water partition coefficient (Wildman–Crippen LogP) is 2.48. The number of aromatic nitrogens is 2. The third-order valence-electron chi connectivity index (χ3n) is 4.25. The zero-order valence-electron chi connectivity index (χ0n) is 13.1. The van der Waals surface area contributed by atoms with E-state index >= 15 is 0 Å². The molecule has 3 rings (SSSR count). The van der Waals surface area contributed by atoms with Gasteiger partial charge in [-0.2, -0.15) is 0 Å². The average Bonchev–Trinajstić information content (AvgIpc) is 3.02. The van der Waals surface area contributed by atoms with Crippen LogP contribution in [0, 0.1) is 5.41 Å². The summed E-state index contributed by atoms with van der Waals surface area (Å²) in [4.78, 5) is 12.6. The summed E-state index contributed by atoms with van der Waals surface area (Å²) in [6.07, 6.45) is 1.89. The van der Waals surface area contributed by atoms with E-state index in [0.717, 1.165) is 10.6 Å². The Bertz CT molecular complexity index is 716. The lowest BCUT2D eigenvalue weighted by atomic mass is 9.79. The van der Waals surface area contributed by atoms with Gasteiger partial charge in [0.25, 0.3) is 0 Å². The van der Waals surface area contributed by atoms with Crippen molar-refractivity contribution in [3.63, 3.8) is 0 Å². The number of nitrogens with two attached hydrogens (primary N) is 1. The van der Waals surface area contributed by atoms with Crippen molar-refractivity contribution in [3.05, 3.63) is 39.9 Å². The Morgan fingerprint density at radius 2 is 2.17 bits per heavy atom. The number of carbonyl (C=O) groups excluding carboxylic acids is 1. The number of benzene rings is 1. The molecule has 24 heavy (non-hydrogen) atoms. The molecular formula is C16H19ClN4O2S. The van der Waals surface area contributed by atoms with Gasteiger partial charge in [-0.1, -0.05) is 35.1 Å². The van der Waals surface area contributed by atoms with Gasteiger partial charge in [0, 0.05) is 31.2 Å². The normalized spacial score (nSPS) is 16.8. The molecular weight excluding hydrogens is 348 g/mol. The highest BCUT2D eigenvalue weighted by atomic mass is 35.5. The van der Waals surface area contributed by atoms with Crippen LogP contribution in [-0.4, -0.2) is 35.9 Å². The Balaban J connectivity index is 1.66. The number of nitrogens with zero attached hydrogens (tertiary/aromatic N) is 2. The van der Waals surface area contributed by atoms with Gasteiger partial charge in [-0.15, -0.1) is 10.2 Å². The van der Waals surface area contributed by atoms with E-state index in [1.54, 1.807) is 0 Å². The minimum Gasteiger partial charge on any atom is -0.381 e. The van der Waals surface area contributed by atoms with Crippen molar-refractivity contribution in [1.82, 2.24) is 10.2 Å². The molecule has 2 aromatic rings. The summed E-state index contributed by atoms with van der Waals surface area (Å²) < 4.78 is 5.34. The van der Waals surface area contributed by atoms with E-state index in [1.165, 1.54) is 11.3 Å². The van der Waals surface area contributed by atoms with E-state index in [2.05, 4.69) is 15.5 Å². The summed E-state index contributed by atoms with van der Waals surface area (Å²) in [6, 6.07) is 7.61. The van der Waals surface area contributed by atoms with Crippen molar-refractivity contribution in [3.8, 4) is 0 Å². The lowest BCUT2D eigenvalue weighted by Crippen LogP contribution is -2.46. The molecule has 0 atom stereocenters. The predicted molar refractivity (Wildman–Crippen MR) is 94.3 cm³/mol. The van der Waals surface area contributed by atoms with Gasteiger partial charge in [-0.05, 0) is 30.5 Å². The molecule has 1 aromatic heterocycles. The molecule has 8 heteroatoms. The fraction of sp³-hybridized carbons (Fsp3) is 0.438. The van der Waals surface area contributed by atoms with Gasteiger partial charge in [-0.3, -0.25) is 10.1 Å². The standard InChI is InChI=1S/C16H19ClN4O2S/c17-12-3-1-2-11(8-12)9-13-20-21-15(24-13)19-14(22)16(10-18)4-6-23-7-5-16/h1-3,8H,4-7,9-10,18H2,(H,19,21,22). The second-order valence-corrected chi connectivity index (χ2v) is 7.36. The zero-order valence-corrected chi connectivity index (χ0v) is 14.7. The van der Waals surface area contributed by atoms with Crippen molar-refractivity contribution >= 4 is 34.0 Å². The van der Waals surface area contributed by atoms with Crippen LogP contribution in [0.25, 0.3) is 0 Å². The first-order chi connectivity index (χ1) is 11.6. The Kier molecular flexibility index (Phi) is 5.45. The number of nitrogens with one attached hydrogen (secondary N) is 1. The van der Waals surface area contributed by atoms with E-state index in [0.29, 0.717) is 49.2 Å². The molecule has 6 nitrogen and oxygen atoms in total. The molecule has 128 valence electrons. The van der Waals surface area contributed by atoms with Crippen LogP contribution >= 0.6 is 22.9 Å². The largest absolute Gasteiger partial charge is 0.381 e. The maximum atomic E-state index is 12.6. The van der Waals surface area contributed by atoms with Crippen LogP contribution in [0.5, 0.6) is 0 Å². The molecule has 0 radical (unpaired) electrons. The molecule has 2 heterocycles. The molecule has 0 saturated carbocycles. The fourth-order valence-electron chi connectivity index (χ4n) is 2.71. The first kappa shape index (κ1) is 17.3. The van der Waals surface area contributed by atoms with E-state index in [-0.39, 0.29) is 5.91 Å². The molecule has 1 saturated heterocycles. The van der Waals surface area contributed by atoms with Crippen molar-refractivity contribution < 1.29 is 9.53 Å². The number of ether oxygens (including phenoxy) is 1. The van der Waals surface area contributed by atoms with Crippen LogP contribution in [0.1, 0.15) is 23.4 Å². The Morgan fingerprint density at radius 3 is 2.88 bits per heavy atom. The lowest BCUT2D eigenvalue weighted by Gasteiger charge is -2.34. The van der Waals surface area contributed by atoms with Crippen molar-refractivity contribution in [2.75, 3.05) is 25.1 Å². The highest BCUT2D eigenvalue weighted by molar-refractivity contribution is 7.15. The van der Waals surface area contributed by atoms with E-state index in [9.17, 15) is 4.79 Å². The SMILES string of the molecule is NCC1(C(=O)Nc2nnc(Cc3cccc(Cl)c3)s2)CCOCC1. The number of amides is 1. The van der Waals surface area contributed by atoms with Crippen molar-refractivity contribution in [2.45, 2.75) is 19.3 Å². The third kappa shape index (κ3) is 3.92. The number of carbonyl (C=O) groups is 1. The maximum absolute atomic E-state index is 12.6. The molecule has 0 spiro atoms.